The lowest BCUT2D eigenvalue weighted by Gasteiger charge is -2.08. The largest absolute Gasteiger partial charge is 0.322 e. The van der Waals surface area contributed by atoms with Crippen molar-refractivity contribution in [1.82, 2.24) is 4.98 Å². The minimum Gasteiger partial charge on any atom is -0.322 e. The molecule has 0 aliphatic carbocycles. The van der Waals surface area contributed by atoms with E-state index in [1.54, 1.807) is 30.5 Å². The maximum Gasteiger partial charge on any atom is 0.255 e. The van der Waals surface area contributed by atoms with Crippen LogP contribution in [0.2, 0.25) is 5.02 Å². The van der Waals surface area contributed by atoms with Crippen molar-refractivity contribution in [3.8, 4) is 0 Å². The molecule has 0 aliphatic heterocycles. The summed E-state index contributed by atoms with van der Waals surface area (Å²) < 4.78 is 0. The Morgan fingerprint density at radius 1 is 1.28 bits per heavy atom. The van der Waals surface area contributed by atoms with Crippen LogP contribution in [0, 0.1) is 13.8 Å². The Labute approximate surface area is 111 Å². The fourth-order valence-corrected chi connectivity index (χ4v) is 1.85. The Kier molecular flexibility index (Phi) is 3.63. The fourth-order valence-electron chi connectivity index (χ4n) is 1.68. The van der Waals surface area contributed by atoms with Crippen molar-refractivity contribution >= 4 is 23.2 Å². The second kappa shape index (κ2) is 5.19. The summed E-state index contributed by atoms with van der Waals surface area (Å²) >= 11 is 6.00. The van der Waals surface area contributed by atoms with Gasteiger partial charge in [0, 0.05) is 28.2 Å². The normalized spacial score (nSPS) is 10.2. The van der Waals surface area contributed by atoms with Crippen molar-refractivity contribution in [1.29, 1.82) is 0 Å². The summed E-state index contributed by atoms with van der Waals surface area (Å²) in [6.07, 6.45) is 1.66. The molecule has 18 heavy (non-hydrogen) atoms. The molecule has 0 fully saturated rings. The third-order valence-electron chi connectivity index (χ3n) is 2.67. The fraction of sp³-hybridized carbons (Fsp3) is 0.143. The molecule has 1 heterocycles. The van der Waals surface area contributed by atoms with Crippen molar-refractivity contribution in [2.75, 3.05) is 5.32 Å². The van der Waals surface area contributed by atoms with Gasteiger partial charge in [-0.1, -0.05) is 17.7 Å². The predicted octanol–water partition coefficient (Wildman–Crippen LogP) is 3.60. The minimum absolute atomic E-state index is 0.166. The Bertz CT molecular complexity index is 596. The summed E-state index contributed by atoms with van der Waals surface area (Å²) in [4.78, 5) is 16.2. The second-order valence-electron chi connectivity index (χ2n) is 4.05. The summed E-state index contributed by atoms with van der Waals surface area (Å²) in [5.74, 6) is -0.166. The Hall–Kier alpha value is -1.87. The van der Waals surface area contributed by atoms with Crippen molar-refractivity contribution < 1.29 is 4.79 Å². The zero-order chi connectivity index (χ0) is 13.1. The summed E-state index contributed by atoms with van der Waals surface area (Å²) in [5, 5.41) is 3.42. The number of rotatable bonds is 2. The molecule has 0 spiro atoms. The van der Waals surface area contributed by atoms with E-state index in [-0.39, 0.29) is 5.91 Å². The van der Waals surface area contributed by atoms with E-state index >= 15 is 0 Å². The molecule has 0 aliphatic rings. The maximum absolute atomic E-state index is 12.1. The number of nitrogens with zero attached hydrogens (tertiary/aromatic N) is 1. The predicted molar refractivity (Wildman–Crippen MR) is 73.1 cm³/mol. The Morgan fingerprint density at radius 2 is 2.06 bits per heavy atom. The zero-order valence-corrected chi connectivity index (χ0v) is 11.0. The van der Waals surface area contributed by atoms with E-state index in [0.717, 1.165) is 16.9 Å². The Balaban J connectivity index is 2.25. The molecule has 1 N–H and O–H groups in total. The molecule has 0 saturated carbocycles. The zero-order valence-electron chi connectivity index (χ0n) is 10.2. The van der Waals surface area contributed by atoms with Crippen LogP contribution in [0.4, 0.5) is 5.69 Å². The summed E-state index contributed by atoms with van der Waals surface area (Å²) in [6, 6.07) is 8.86. The lowest BCUT2D eigenvalue weighted by atomic mass is 10.1. The first-order chi connectivity index (χ1) is 8.58. The van der Waals surface area contributed by atoms with E-state index in [1.165, 1.54) is 0 Å². The van der Waals surface area contributed by atoms with E-state index in [2.05, 4.69) is 10.3 Å². The van der Waals surface area contributed by atoms with Crippen LogP contribution in [0.5, 0.6) is 0 Å². The third kappa shape index (κ3) is 2.68. The summed E-state index contributed by atoms with van der Waals surface area (Å²) in [5.41, 5.74) is 2.95. The molecule has 2 rings (SSSR count). The first kappa shape index (κ1) is 12.6. The van der Waals surface area contributed by atoms with E-state index in [4.69, 9.17) is 11.6 Å². The van der Waals surface area contributed by atoms with Gasteiger partial charge in [0.15, 0.2) is 0 Å². The van der Waals surface area contributed by atoms with Crippen LogP contribution in [-0.4, -0.2) is 10.9 Å². The number of hydrogen-bond donors (Lipinski definition) is 1. The maximum atomic E-state index is 12.1. The van der Waals surface area contributed by atoms with Gasteiger partial charge < -0.3 is 5.32 Å². The smallest absolute Gasteiger partial charge is 0.255 e. The molecule has 0 bridgehead atoms. The number of aryl methyl sites for hydroxylation is 1. The first-order valence-electron chi connectivity index (χ1n) is 5.57. The van der Waals surface area contributed by atoms with Gasteiger partial charge in [0.2, 0.25) is 0 Å². The van der Waals surface area contributed by atoms with Crippen LogP contribution in [0.25, 0.3) is 0 Å². The average molecular weight is 261 g/mol. The van der Waals surface area contributed by atoms with Crippen LogP contribution in [0.15, 0.2) is 36.5 Å². The van der Waals surface area contributed by atoms with Crippen molar-refractivity contribution in [2.45, 2.75) is 13.8 Å². The third-order valence-corrected chi connectivity index (χ3v) is 3.08. The number of nitrogens with one attached hydrogen (secondary N) is 1. The lowest BCUT2D eigenvalue weighted by molar-refractivity contribution is 0.102. The number of aromatic nitrogens is 1. The van der Waals surface area contributed by atoms with Gasteiger partial charge >= 0.3 is 0 Å². The Morgan fingerprint density at radius 3 is 2.78 bits per heavy atom. The van der Waals surface area contributed by atoms with Crippen molar-refractivity contribution in [3.63, 3.8) is 0 Å². The number of carbonyl (C=O) groups excluding carboxylic acids is 1. The molecular formula is C14H13ClN2O. The van der Waals surface area contributed by atoms with Crippen molar-refractivity contribution in [3.05, 3.63) is 58.4 Å². The topological polar surface area (TPSA) is 42.0 Å². The number of carbonyl (C=O) groups is 1. The highest BCUT2D eigenvalue weighted by Crippen LogP contribution is 2.20. The molecule has 0 radical (unpaired) electrons. The van der Waals surface area contributed by atoms with Crippen LogP contribution in [0.3, 0.4) is 0 Å². The number of pyridine rings is 1. The van der Waals surface area contributed by atoms with E-state index in [9.17, 15) is 4.79 Å². The number of benzene rings is 1. The van der Waals surface area contributed by atoms with Gasteiger partial charge in [-0.05, 0) is 43.7 Å². The quantitative estimate of drug-likeness (QED) is 0.896. The number of hydrogen-bond acceptors (Lipinski definition) is 2. The molecule has 2 aromatic rings. The molecule has 0 atom stereocenters. The van der Waals surface area contributed by atoms with E-state index in [0.29, 0.717) is 10.6 Å². The van der Waals surface area contributed by atoms with Gasteiger partial charge in [0.05, 0.1) is 0 Å². The van der Waals surface area contributed by atoms with Crippen LogP contribution < -0.4 is 5.32 Å². The lowest BCUT2D eigenvalue weighted by Crippen LogP contribution is -2.13. The average Bonchev–Trinajstić information content (AvgIpc) is 2.32. The van der Waals surface area contributed by atoms with Gasteiger partial charge in [-0.2, -0.15) is 0 Å². The minimum atomic E-state index is -0.166. The molecule has 92 valence electrons. The molecule has 4 heteroatoms. The van der Waals surface area contributed by atoms with Crippen LogP contribution in [-0.2, 0) is 0 Å². The highest BCUT2D eigenvalue weighted by atomic mass is 35.5. The summed E-state index contributed by atoms with van der Waals surface area (Å²) in [7, 11) is 0. The highest BCUT2D eigenvalue weighted by Gasteiger charge is 2.11. The molecule has 3 nitrogen and oxygen atoms in total. The molecular weight excluding hydrogens is 248 g/mol. The van der Waals surface area contributed by atoms with Gasteiger partial charge in [-0.25, -0.2) is 0 Å². The summed E-state index contributed by atoms with van der Waals surface area (Å²) in [6.45, 7) is 3.70. The van der Waals surface area contributed by atoms with Crippen LogP contribution in [0.1, 0.15) is 21.6 Å². The van der Waals surface area contributed by atoms with Crippen molar-refractivity contribution in [2.24, 2.45) is 0 Å². The molecule has 1 amide bonds. The molecule has 1 aromatic heterocycles. The van der Waals surface area contributed by atoms with Gasteiger partial charge in [0.25, 0.3) is 5.91 Å². The molecule has 0 saturated heterocycles. The van der Waals surface area contributed by atoms with Gasteiger partial charge in [0.1, 0.15) is 0 Å². The van der Waals surface area contributed by atoms with E-state index < -0.39 is 0 Å². The molecule has 1 aromatic carbocycles. The number of amides is 1. The number of halogens is 1. The second-order valence-corrected chi connectivity index (χ2v) is 4.46. The molecule has 0 unspecified atom stereocenters. The SMILES string of the molecule is Cc1cc(NC(=O)c2cccc(Cl)c2C)ccn1. The van der Waals surface area contributed by atoms with E-state index in [1.807, 2.05) is 19.9 Å². The van der Waals surface area contributed by atoms with Crippen LogP contribution >= 0.6 is 11.6 Å². The number of anilines is 1. The monoisotopic (exact) mass is 260 g/mol. The first-order valence-corrected chi connectivity index (χ1v) is 5.95. The highest BCUT2D eigenvalue weighted by molar-refractivity contribution is 6.32. The standard InChI is InChI=1S/C14H13ClN2O/c1-9-8-11(6-7-16-9)17-14(18)12-4-3-5-13(15)10(12)2/h3-8H,1-2H3,(H,16,17,18). The van der Waals surface area contributed by atoms with Gasteiger partial charge in [-0.3, -0.25) is 9.78 Å². The van der Waals surface area contributed by atoms with Gasteiger partial charge in [-0.15, -0.1) is 0 Å².